The average Bonchev–Trinajstić information content (AvgIpc) is 2.74. The predicted molar refractivity (Wildman–Crippen MR) is 95.6 cm³/mol. The van der Waals surface area contributed by atoms with Crippen LogP contribution in [0.5, 0.6) is 0 Å². The van der Waals surface area contributed by atoms with Crippen molar-refractivity contribution in [2.75, 3.05) is 13.3 Å². The minimum Gasteiger partial charge on any atom is -0.302 e. The highest BCUT2D eigenvalue weighted by Crippen LogP contribution is 2.45. The smallest absolute Gasteiger partial charge is 0.199 e. The highest BCUT2D eigenvalue weighted by atomic mass is 31.2. The molecule has 0 amide bonds. The highest BCUT2D eigenvalue weighted by Gasteiger charge is 2.32. The molecule has 0 atom stereocenters. The molecule has 0 aromatic carbocycles. The number of nitrogens with zero attached hydrogens (tertiary/aromatic N) is 3. The third kappa shape index (κ3) is 3.84. The zero-order valence-electron chi connectivity index (χ0n) is 15.4. The first-order chi connectivity index (χ1) is 10.4. The Labute approximate surface area is 138 Å². The molecule has 0 aliphatic carbocycles. The number of aromatic nitrogens is 3. The van der Waals surface area contributed by atoms with Gasteiger partial charge < -0.3 is 4.52 Å². The molecule has 0 radical (unpaired) electrons. The molecule has 0 fully saturated rings. The zero-order valence-corrected chi connectivity index (χ0v) is 16.3. The molecule has 0 aliphatic rings. The van der Waals surface area contributed by atoms with E-state index in [1.165, 1.54) is 0 Å². The number of rotatable bonds is 5. The van der Waals surface area contributed by atoms with E-state index >= 15 is 0 Å². The molecule has 0 unspecified atom stereocenters. The molecule has 0 bridgehead atoms. The molecule has 5 nitrogen and oxygen atoms in total. The molecule has 0 spiro atoms. The van der Waals surface area contributed by atoms with Gasteiger partial charge in [-0.25, -0.2) is 9.97 Å². The van der Waals surface area contributed by atoms with Gasteiger partial charge in [-0.2, -0.15) is 0 Å². The van der Waals surface area contributed by atoms with Gasteiger partial charge in [0.05, 0.1) is 5.52 Å². The number of fused-ring (bicyclic) bond motifs is 1. The molecule has 128 valence electrons. The van der Waals surface area contributed by atoms with Gasteiger partial charge in [0.15, 0.2) is 13.0 Å². The van der Waals surface area contributed by atoms with E-state index in [9.17, 15) is 4.57 Å². The zero-order chi connectivity index (χ0) is 17.6. The van der Waals surface area contributed by atoms with E-state index in [-0.39, 0.29) is 5.92 Å². The molecule has 2 heterocycles. The Balaban J connectivity index is 2.70. The first-order valence-corrected chi connectivity index (χ1v) is 10.6. The molecule has 0 saturated heterocycles. The lowest BCUT2D eigenvalue weighted by Crippen LogP contribution is -2.30. The Morgan fingerprint density at radius 2 is 1.70 bits per heavy atom. The molecular formula is C17H28N3O2P. The fourth-order valence-corrected chi connectivity index (χ4v) is 4.01. The van der Waals surface area contributed by atoms with E-state index in [1.54, 1.807) is 13.3 Å². The molecule has 2 aromatic rings. The summed E-state index contributed by atoms with van der Waals surface area (Å²) in [5.74, 6) is 1.46. The molecule has 23 heavy (non-hydrogen) atoms. The summed E-state index contributed by atoms with van der Waals surface area (Å²) in [5.41, 5.74) is 1.90. The van der Waals surface area contributed by atoms with Crippen molar-refractivity contribution in [1.82, 2.24) is 14.5 Å². The van der Waals surface area contributed by atoms with Gasteiger partial charge in [0.25, 0.3) is 0 Å². The largest absolute Gasteiger partial charge is 0.302 e. The number of hydrogen-bond donors (Lipinski definition) is 0. The summed E-state index contributed by atoms with van der Waals surface area (Å²) in [4.78, 5) is 9.43. The molecule has 0 N–H and O–H groups in total. The lowest BCUT2D eigenvalue weighted by molar-refractivity contribution is 0.0369. The van der Waals surface area contributed by atoms with E-state index in [1.807, 2.05) is 30.5 Å². The maximum absolute atomic E-state index is 12.2. The second kappa shape index (κ2) is 6.03. The SMILES string of the molecule is CC(C)c1ccc2c(n1)nc(C(C)C)n2C(C)(C)OP(C)(C)=O. The van der Waals surface area contributed by atoms with Crippen molar-refractivity contribution in [2.24, 2.45) is 0 Å². The maximum Gasteiger partial charge on any atom is 0.199 e. The number of pyridine rings is 1. The Kier molecular flexibility index (Phi) is 4.76. The van der Waals surface area contributed by atoms with Crippen molar-refractivity contribution in [2.45, 2.75) is 59.1 Å². The molecule has 2 rings (SSSR count). The van der Waals surface area contributed by atoms with E-state index in [4.69, 9.17) is 14.5 Å². The lowest BCUT2D eigenvalue weighted by atomic mass is 10.1. The van der Waals surface area contributed by atoms with Gasteiger partial charge >= 0.3 is 0 Å². The second-order valence-corrected chi connectivity index (χ2v) is 10.2. The van der Waals surface area contributed by atoms with Crippen LogP contribution in [0.15, 0.2) is 12.1 Å². The van der Waals surface area contributed by atoms with Crippen molar-refractivity contribution in [1.29, 1.82) is 0 Å². The second-order valence-electron chi connectivity index (χ2n) is 7.48. The summed E-state index contributed by atoms with van der Waals surface area (Å²) in [7, 11) is -2.65. The van der Waals surface area contributed by atoms with E-state index in [2.05, 4.69) is 27.7 Å². The monoisotopic (exact) mass is 337 g/mol. The summed E-state index contributed by atoms with van der Waals surface area (Å²) in [5, 5.41) is 0. The van der Waals surface area contributed by atoms with Gasteiger partial charge in [-0.1, -0.05) is 27.7 Å². The van der Waals surface area contributed by atoms with Crippen LogP contribution >= 0.6 is 7.37 Å². The summed E-state index contributed by atoms with van der Waals surface area (Å²) >= 11 is 0. The lowest BCUT2D eigenvalue weighted by Gasteiger charge is -2.31. The Morgan fingerprint density at radius 1 is 1.09 bits per heavy atom. The van der Waals surface area contributed by atoms with Gasteiger partial charge in [-0.15, -0.1) is 0 Å². The molecule has 0 saturated carbocycles. The van der Waals surface area contributed by atoms with E-state index in [0.717, 1.165) is 22.7 Å². The number of hydrogen-bond acceptors (Lipinski definition) is 4. The average molecular weight is 337 g/mol. The molecule has 6 heteroatoms. The van der Waals surface area contributed by atoms with Gasteiger partial charge in [-0.3, -0.25) is 9.13 Å². The Bertz CT molecular complexity index is 757. The van der Waals surface area contributed by atoms with Crippen LogP contribution in [0.1, 0.15) is 64.9 Å². The summed E-state index contributed by atoms with van der Waals surface area (Å²) < 4.78 is 20.1. The third-order valence-corrected chi connectivity index (χ3v) is 4.54. The van der Waals surface area contributed by atoms with Crippen LogP contribution in [0.3, 0.4) is 0 Å². The van der Waals surface area contributed by atoms with Gasteiger partial charge in [-0.05, 0) is 31.9 Å². The quantitative estimate of drug-likeness (QED) is 0.726. The van der Waals surface area contributed by atoms with Crippen molar-refractivity contribution in [3.63, 3.8) is 0 Å². The molecule has 2 aromatic heterocycles. The molecule has 0 aliphatic heterocycles. The third-order valence-electron chi connectivity index (χ3n) is 3.66. The van der Waals surface area contributed by atoms with E-state index in [0.29, 0.717) is 5.92 Å². The Morgan fingerprint density at radius 3 is 2.17 bits per heavy atom. The van der Waals surface area contributed by atoms with Crippen LogP contribution in [-0.2, 0) is 14.8 Å². The standard InChI is InChI=1S/C17H28N3O2P/c1-11(2)13-9-10-14-15(18-13)19-16(12(3)4)20(14)17(5,6)22-23(7,8)21/h9-12H,1-8H3. The van der Waals surface area contributed by atoms with Crippen LogP contribution in [0, 0.1) is 0 Å². The fourth-order valence-electron chi connectivity index (χ4n) is 2.85. The van der Waals surface area contributed by atoms with Crippen molar-refractivity contribution in [3.8, 4) is 0 Å². The van der Waals surface area contributed by atoms with Crippen molar-refractivity contribution < 1.29 is 9.09 Å². The van der Waals surface area contributed by atoms with Crippen LogP contribution in [0.2, 0.25) is 0 Å². The van der Waals surface area contributed by atoms with Crippen LogP contribution in [0.4, 0.5) is 0 Å². The van der Waals surface area contributed by atoms with Crippen LogP contribution < -0.4 is 0 Å². The number of imidazole rings is 1. The van der Waals surface area contributed by atoms with Gasteiger partial charge in [0.2, 0.25) is 0 Å². The van der Waals surface area contributed by atoms with Crippen molar-refractivity contribution in [3.05, 3.63) is 23.7 Å². The predicted octanol–water partition coefficient (Wildman–Crippen LogP) is 4.93. The summed E-state index contributed by atoms with van der Waals surface area (Å²) in [6.07, 6.45) is 0. The van der Waals surface area contributed by atoms with Gasteiger partial charge in [0.1, 0.15) is 11.5 Å². The van der Waals surface area contributed by atoms with E-state index < -0.39 is 13.1 Å². The highest BCUT2D eigenvalue weighted by molar-refractivity contribution is 7.57. The first-order valence-electron chi connectivity index (χ1n) is 8.08. The minimum absolute atomic E-state index is 0.211. The van der Waals surface area contributed by atoms with Crippen LogP contribution in [0.25, 0.3) is 11.2 Å². The van der Waals surface area contributed by atoms with Crippen LogP contribution in [-0.4, -0.2) is 27.9 Å². The first kappa shape index (κ1) is 18.2. The molecular weight excluding hydrogens is 309 g/mol. The van der Waals surface area contributed by atoms with Crippen molar-refractivity contribution >= 4 is 18.5 Å². The van der Waals surface area contributed by atoms with Gasteiger partial charge in [0, 0.05) is 24.9 Å². The topological polar surface area (TPSA) is 57.0 Å². The fraction of sp³-hybridized carbons (Fsp3) is 0.647. The summed E-state index contributed by atoms with van der Waals surface area (Å²) in [6, 6.07) is 4.07. The Hall–Kier alpha value is -1.19. The normalized spacial score (nSPS) is 13.5. The minimum atomic E-state index is -2.65. The summed E-state index contributed by atoms with van der Waals surface area (Å²) in [6.45, 7) is 15.5. The maximum atomic E-state index is 12.2.